The average Bonchev–Trinajstić information content (AvgIpc) is 2.50. The van der Waals surface area contributed by atoms with E-state index in [2.05, 4.69) is 20.8 Å². The van der Waals surface area contributed by atoms with E-state index in [1.807, 2.05) is 51.1 Å². The zero-order valence-corrected chi connectivity index (χ0v) is 16.6. The van der Waals surface area contributed by atoms with Gasteiger partial charge in [0.05, 0.1) is 12.7 Å². The van der Waals surface area contributed by atoms with Crippen LogP contribution < -0.4 is 0 Å². The molecule has 4 heteroatoms. The van der Waals surface area contributed by atoms with Crippen LogP contribution in [0.15, 0.2) is 30.3 Å². The Kier molecular flexibility index (Phi) is 9.15. The van der Waals surface area contributed by atoms with Crippen molar-refractivity contribution < 1.29 is 19.0 Å². The highest BCUT2D eigenvalue weighted by molar-refractivity contribution is 5.70. The van der Waals surface area contributed by atoms with E-state index in [1.165, 1.54) is 0 Å². The summed E-state index contributed by atoms with van der Waals surface area (Å²) < 4.78 is 16.7. The van der Waals surface area contributed by atoms with Gasteiger partial charge in [-0.3, -0.25) is 4.79 Å². The lowest BCUT2D eigenvalue weighted by atomic mass is 9.91. The molecule has 0 aliphatic carbocycles. The fourth-order valence-electron chi connectivity index (χ4n) is 2.63. The Morgan fingerprint density at radius 3 is 2.32 bits per heavy atom. The van der Waals surface area contributed by atoms with Crippen molar-refractivity contribution in [2.24, 2.45) is 11.8 Å². The largest absolute Gasteiger partial charge is 0.460 e. The van der Waals surface area contributed by atoms with Crippen molar-refractivity contribution in [1.29, 1.82) is 0 Å². The predicted molar refractivity (Wildman–Crippen MR) is 100 cm³/mol. The van der Waals surface area contributed by atoms with Crippen molar-refractivity contribution in [3.8, 4) is 0 Å². The number of hydrogen-bond acceptors (Lipinski definition) is 4. The molecule has 0 spiro atoms. The number of esters is 1. The monoisotopic (exact) mass is 350 g/mol. The molecule has 0 bridgehead atoms. The van der Waals surface area contributed by atoms with Crippen molar-refractivity contribution in [1.82, 2.24) is 0 Å². The van der Waals surface area contributed by atoms with E-state index >= 15 is 0 Å². The van der Waals surface area contributed by atoms with Gasteiger partial charge >= 0.3 is 5.97 Å². The maximum atomic E-state index is 11.9. The lowest BCUT2D eigenvalue weighted by Gasteiger charge is -2.24. The van der Waals surface area contributed by atoms with Crippen LogP contribution in [0.3, 0.4) is 0 Å². The van der Waals surface area contributed by atoms with Gasteiger partial charge in [-0.15, -0.1) is 0 Å². The van der Waals surface area contributed by atoms with Crippen LogP contribution in [0.4, 0.5) is 0 Å². The molecule has 0 aromatic heterocycles. The Labute approximate surface area is 152 Å². The van der Waals surface area contributed by atoms with Gasteiger partial charge in [0.2, 0.25) is 0 Å². The smallest absolute Gasteiger partial charge is 0.306 e. The van der Waals surface area contributed by atoms with E-state index in [1.54, 1.807) is 0 Å². The van der Waals surface area contributed by atoms with Crippen molar-refractivity contribution in [3.05, 3.63) is 35.9 Å². The summed E-state index contributed by atoms with van der Waals surface area (Å²) in [5, 5.41) is 0. The van der Waals surface area contributed by atoms with E-state index < -0.39 is 5.60 Å². The summed E-state index contributed by atoms with van der Waals surface area (Å²) in [6, 6.07) is 10.0. The number of benzene rings is 1. The quantitative estimate of drug-likeness (QED) is 0.340. The average molecular weight is 350 g/mol. The van der Waals surface area contributed by atoms with Crippen LogP contribution >= 0.6 is 0 Å². The topological polar surface area (TPSA) is 44.8 Å². The summed E-state index contributed by atoms with van der Waals surface area (Å²) >= 11 is 0. The molecule has 0 aliphatic rings. The molecule has 25 heavy (non-hydrogen) atoms. The minimum absolute atomic E-state index is 0.0804. The van der Waals surface area contributed by atoms with Crippen molar-refractivity contribution in [2.75, 3.05) is 6.79 Å². The molecule has 142 valence electrons. The molecule has 0 heterocycles. The molecule has 0 N–H and O–H groups in total. The SMILES string of the molecule is C[C@H](CC(=O)OC(C)(C)C)C[C@@H](C)[C@H](C)OCOCc1ccccc1. The minimum Gasteiger partial charge on any atom is -0.460 e. The number of ether oxygens (including phenoxy) is 3. The van der Waals surface area contributed by atoms with Crippen molar-refractivity contribution in [2.45, 2.75) is 72.7 Å². The summed E-state index contributed by atoms with van der Waals surface area (Å²) in [6.07, 6.45) is 1.44. The van der Waals surface area contributed by atoms with Crippen LogP contribution in [0.25, 0.3) is 0 Å². The van der Waals surface area contributed by atoms with Gasteiger partial charge in [-0.2, -0.15) is 0 Å². The first-order chi connectivity index (χ1) is 11.7. The van der Waals surface area contributed by atoms with Gasteiger partial charge in [0.1, 0.15) is 12.4 Å². The maximum absolute atomic E-state index is 11.9. The maximum Gasteiger partial charge on any atom is 0.306 e. The Morgan fingerprint density at radius 2 is 1.72 bits per heavy atom. The minimum atomic E-state index is -0.422. The molecule has 0 saturated heterocycles. The molecule has 0 saturated carbocycles. The van der Waals surface area contributed by atoms with Crippen molar-refractivity contribution >= 4 is 5.97 Å². The van der Waals surface area contributed by atoms with E-state index in [0.717, 1.165) is 12.0 Å². The highest BCUT2D eigenvalue weighted by atomic mass is 16.7. The second-order valence-corrected chi connectivity index (χ2v) is 7.93. The fraction of sp³-hybridized carbons (Fsp3) is 0.667. The fourth-order valence-corrected chi connectivity index (χ4v) is 2.63. The molecule has 1 aromatic rings. The first-order valence-corrected chi connectivity index (χ1v) is 9.12. The molecule has 0 amide bonds. The standard InChI is InChI=1S/C21H34O4/c1-16(13-20(22)25-21(4,5)6)12-17(2)18(3)24-15-23-14-19-10-8-7-9-11-19/h7-11,16-18H,12-15H2,1-6H3/t16-,17+,18-/m0/s1. The van der Waals surface area contributed by atoms with Gasteiger partial charge in [0.15, 0.2) is 0 Å². The molecule has 3 atom stereocenters. The first-order valence-electron chi connectivity index (χ1n) is 9.12. The third-order valence-electron chi connectivity index (χ3n) is 4.04. The first kappa shape index (κ1) is 21.7. The van der Waals surface area contributed by atoms with Crippen LogP contribution in [0, 0.1) is 11.8 Å². The van der Waals surface area contributed by atoms with E-state index in [-0.39, 0.29) is 24.8 Å². The van der Waals surface area contributed by atoms with Crippen LogP contribution in [-0.2, 0) is 25.6 Å². The number of carbonyl (C=O) groups excluding carboxylic acids is 1. The lowest BCUT2D eigenvalue weighted by Crippen LogP contribution is -2.26. The number of rotatable bonds is 10. The number of hydrogen-bond donors (Lipinski definition) is 0. The Bertz CT molecular complexity index is 492. The highest BCUT2D eigenvalue weighted by Gasteiger charge is 2.21. The molecule has 1 aromatic carbocycles. The summed E-state index contributed by atoms with van der Waals surface area (Å²) in [6.45, 7) is 12.8. The zero-order valence-electron chi connectivity index (χ0n) is 16.6. The van der Waals surface area contributed by atoms with Gasteiger partial charge in [0.25, 0.3) is 0 Å². The summed E-state index contributed by atoms with van der Waals surface area (Å²) in [5.41, 5.74) is 0.715. The Morgan fingerprint density at radius 1 is 1.08 bits per heavy atom. The van der Waals surface area contributed by atoms with Gasteiger partial charge in [-0.05, 0) is 51.5 Å². The van der Waals surface area contributed by atoms with Gasteiger partial charge in [0, 0.05) is 6.42 Å². The second-order valence-electron chi connectivity index (χ2n) is 7.93. The van der Waals surface area contributed by atoms with Crippen molar-refractivity contribution in [3.63, 3.8) is 0 Å². The molecule has 0 radical (unpaired) electrons. The van der Waals surface area contributed by atoms with Crippen LogP contribution in [0.2, 0.25) is 0 Å². The molecule has 0 aliphatic heterocycles. The predicted octanol–water partition coefficient (Wildman–Crippen LogP) is 4.96. The molecule has 1 rings (SSSR count). The van der Waals surface area contributed by atoms with Gasteiger partial charge in [-0.25, -0.2) is 0 Å². The third kappa shape index (κ3) is 10.3. The summed E-state index contributed by atoms with van der Waals surface area (Å²) in [7, 11) is 0. The lowest BCUT2D eigenvalue weighted by molar-refractivity contribution is -0.156. The Balaban J connectivity index is 2.22. The molecule has 4 nitrogen and oxygen atoms in total. The second kappa shape index (κ2) is 10.6. The van der Waals surface area contributed by atoms with E-state index in [9.17, 15) is 4.79 Å². The Hall–Kier alpha value is -1.39. The highest BCUT2D eigenvalue weighted by Crippen LogP contribution is 2.21. The van der Waals surface area contributed by atoms with Crippen LogP contribution in [0.5, 0.6) is 0 Å². The number of carbonyl (C=O) groups is 1. The molecular formula is C21H34O4. The van der Waals surface area contributed by atoms with E-state index in [4.69, 9.17) is 14.2 Å². The van der Waals surface area contributed by atoms with Crippen LogP contribution in [0.1, 0.15) is 59.9 Å². The van der Waals surface area contributed by atoms with Gasteiger partial charge < -0.3 is 14.2 Å². The van der Waals surface area contributed by atoms with Crippen LogP contribution in [-0.4, -0.2) is 24.5 Å². The summed E-state index contributed by atoms with van der Waals surface area (Å²) in [4.78, 5) is 11.9. The molecule has 0 fully saturated rings. The molecular weight excluding hydrogens is 316 g/mol. The van der Waals surface area contributed by atoms with Gasteiger partial charge in [-0.1, -0.05) is 44.2 Å². The van der Waals surface area contributed by atoms with E-state index in [0.29, 0.717) is 18.9 Å². The zero-order chi connectivity index (χ0) is 18.9. The summed E-state index contributed by atoms with van der Waals surface area (Å²) in [5.74, 6) is 0.478. The molecule has 0 unspecified atom stereocenters. The normalized spacial score (nSPS) is 15.4. The third-order valence-corrected chi connectivity index (χ3v) is 4.04.